The van der Waals surface area contributed by atoms with Crippen molar-refractivity contribution in [1.82, 2.24) is 0 Å². The van der Waals surface area contributed by atoms with E-state index in [4.69, 9.17) is 28.1 Å². The molecule has 1 saturated heterocycles. The minimum Gasteiger partial charge on any atom is -0.411 e. The first-order valence-corrected chi connectivity index (χ1v) is 19.1. The van der Waals surface area contributed by atoms with Crippen molar-refractivity contribution in [3.05, 3.63) is 0 Å². The van der Waals surface area contributed by atoms with Gasteiger partial charge in [0, 0.05) is 19.8 Å². The second-order valence-corrected chi connectivity index (χ2v) is 18.6. The van der Waals surface area contributed by atoms with Crippen molar-refractivity contribution in [2.45, 2.75) is 175 Å². The van der Waals surface area contributed by atoms with Gasteiger partial charge in [-0.15, -0.1) is 0 Å². The molecule has 0 spiro atoms. The average Bonchev–Trinajstić information content (AvgIpc) is 2.83. The zero-order chi connectivity index (χ0) is 29.2. The Morgan fingerprint density at radius 1 is 0.718 bits per heavy atom. The van der Waals surface area contributed by atoms with Crippen LogP contribution in [0.3, 0.4) is 0 Å². The minimum atomic E-state index is -1.98. The standard InChI is InChI=1S/C32H64O6Si/c1-12-15-18-33-28-25(6)36-31(30(35-20-17-14-3)29(28)34-19-16-13-2)37-27-24(5)21-23(4)22-26(27)38-39(10,11)32(7,8)9/h23-31H,12-22H2,1-11H3/t23?,24?,25?,26-,27?,28-,29?,30?,31+/m1/s1. The van der Waals surface area contributed by atoms with Crippen molar-refractivity contribution in [2.75, 3.05) is 19.8 Å². The summed E-state index contributed by atoms with van der Waals surface area (Å²) in [5.74, 6) is 0.982. The molecule has 0 amide bonds. The van der Waals surface area contributed by atoms with Gasteiger partial charge in [0.05, 0.1) is 18.3 Å². The molecule has 9 atom stereocenters. The molecular weight excluding hydrogens is 508 g/mol. The highest BCUT2D eigenvalue weighted by Crippen LogP contribution is 2.42. The van der Waals surface area contributed by atoms with Crippen molar-refractivity contribution in [1.29, 1.82) is 0 Å². The second-order valence-electron chi connectivity index (χ2n) is 13.8. The van der Waals surface area contributed by atoms with Crippen LogP contribution in [0.15, 0.2) is 0 Å². The van der Waals surface area contributed by atoms with Crippen molar-refractivity contribution in [2.24, 2.45) is 11.8 Å². The maximum atomic E-state index is 7.05. The monoisotopic (exact) mass is 572 g/mol. The van der Waals surface area contributed by atoms with Crippen LogP contribution in [0.5, 0.6) is 0 Å². The van der Waals surface area contributed by atoms with E-state index in [1.54, 1.807) is 0 Å². The van der Waals surface area contributed by atoms with Gasteiger partial charge in [-0.1, -0.05) is 74.7 Å². The van der Waals surface area contributed by atoms with E-state index >= 15 is 0 Å². The lowest BCUT2D eigenvalue weighted by molar-refractivity contribution is -0.334. The summed E-state index contributed by atoms with van der Waals surface area (Å²) in [5, 5.41) is 0.143. The van der Waals surface area contributed by atoms with E-state index in [1.807, 2.05) is 0 Å². The quantitative estimate of drug-likeness (QED) is 0.137. The molecule has 0 aromatic carbocycles. The van der Waals surface area contributed by atoms with E-state index < -0.39 is 14.6 Å². The third-order valence-electron chi connectivity index (χ3n) is 9.03. The fraction of sp³-hybridized carbons (Fsp3) is 1.00. The normalized spacial score (nSPS) is 34.4. The molecule has 1 aliphatic carbocycles. The Balaban J connectivity index is 2.34. The predicted octanol–water partition coefficient (Wildman–Crippen LogP) is 8.13. The third-order valence-corrected chi connectivity index (χ3v) is 13.5. The van der Waals surface area contributed by atoms with Crippen LogP contribution in [-0.4, -0.2) is 71.1 Å². The zero-order valence-corrected chi connectivity index (χ0v) is 28.4. The van der Waals surface area contributed by atoms with Gasteiger partial charge in [-0.3, -0.25) is 0 Å². The van der Waals surface area contributed by atoms with Gasteiger partial charge in [-0.2, -0.15) is 0 Å². The van der Waals surface area contributed by atoms with Gasteiger partial charge in [-0.25, -0.2) is 0 Å². The summed E-state index contributed by atoms with van der Waals surface area (Å²) in [5.41, 5.74) is 0. The van der Waals surface area contributed by atoms with Gasteiger partial charge < -0.3 is 28.1 Å². The molecule has 6 nitrogen and oxygen atoms in total. The molecule has 2 fully saturated rings. The van der Waals surface area contributed by atoms with Crippen LogP contribution in [0.2, 0.25) is 18.1 Å². The molecule has 0 bridgehead atoms. The van der Waals surface area contributed by atoms with Crippen LogP contribution in [0, 0.1) is 11.8 Å². The Morgan fingerprint density at radius 3 is 1.74 bits per heavy atom. The highest BCUT2D eigenvalue weighted by molar-refractivity contribution is 6.74. The number of hydrogen-bond donors (Lipinski definition) is 0. The van der Waals surface area contributed by atoms with Gasteiger partial charge >= 0.3 is 0 Å². The van der Waals surface area contributed by atoms with E-state index in [9.17, 15) is 0 Å². The molecule has 6 unspecified atom stereocenters. The zero-order valence-electron chi connectivity index (χ0n) is 27.4. The van der Waals surface area contributed by atoms with Crippen molar-refractivity contribution < 1.29 is 28.1 Å². The van der Waals surface area contributed by atoms with E-state index in [1.165, 1.54) is 0 Å². The van der Waals surface area contributed by atoms with E-state index in [2.05, 4.69) is 75.4 Å². The lowest BCUT2D eigenvalue weighted by Crippen LogP contribution is -2.62. The Morgan fingerprint density at radius 2 is 1.23 bits per heavy atom. The van der Waals surface area contributed by atoms with Gasteiger partial charge in [0.25, 0.3) is 0 Å². The first kappa shape index (κ1) is 35.2. The molecular formula is C32H64O6Si. The van der Waals surface area contributed by atoms with Crippen LogP contribution in [0.4, 0.5) is 0 Å². The molecule has 0 N–H and O–H groups in total. The Bertz CT molecular complexity index is 668. The van der Waals surface area contributed by atoms with E-state index in [0.717, 1.165) is 51.4 Å². The second kappa shape index (κ2) is 16.6. The highest BCUT2D eigenvalue weighted by atomic mass is 28.4. The molecule has 39 heavy (non-hydrogen) atoms. The number of ether oxygens (including phenoxy) is 5. The van der Waals surface area contributed by atoms with E-state index in [-0.39, 0.29) is 41.7 Å². The van der Waals surface area contributed by atoms with Gasteiger partial charge in [0.15, 0.2) is 14.6 Å². The Hall–Kier alpha value is -0.0231. The lowest BCUT2D eigenvalue weighted by atomic mass is 9.79. The fourth-order valence-electron chi connectivity index (χ4n) is 5.58. The summed E-state index contributed by atoms with van der Waals surface area (Å²) < 4.78 is 40.2. The molecule has 0 aromatic rings. The van der Waals surface area contributed by atoms with Gasteiger partial charge in [-0.05, 0) is 69.0 Å². The summed E-state index contributed by atoms with van der Waals surface area (Å²) in [6.45, 7) is 27.0. The molecule has 0 aromatic heterocycles. The first-order valence-electron chi connectivity index (χ1n) is 16.2. The van der Waals surface area contributed by atoms with Crippen LogP contribution < -0.4 is 0 Å². The molecule has 7 heteroatoms. The summed E-state index contributed by atoms with van der Waals surface area (Å²) in [6.07, 6.45) is 7.05. The molecule has 2 aliphatic rings. The Kier molecular flexibility index (Phi) is 14.9. The number of unbranched alkanes of at least 4 members (excludes halogenated alkanes) is 3. The van der Waals surface area contributed by atoms with Gasteiger partial charge in [0.1, 0.15) is 18.3 Å². The van der Waals surface area contributed by atoms with Gasteiger partial charge in [0.2, 0.25) is 0 Å². The third kappa shape index (κ3) is 10.3. The molecule has 232 valence electrons. The summed E-state index contributed by atoms with van der Waals surface area (Å²) >= 11 is 0. The fourth-order valence-corrected chi connectivity index (χ4v) is 6.92. The molecule has 1 heterocycles. The van der Waals surface area contributed by atoms with E-state index in [0.29, 0.717) is 31.7 Å². The first-order chi connectivity index (χ1) is 18.4. The minimum absolute atomic E-state index is 0.0429. The maximum Gasteiger partial charge on any atom is 0.192 e. The SMILES string of the molecule is CCCCOC1C(OCCCC)[C@H](OCCCC)C(C)O[C@H]1OC1C(C)CC(C)C[C@H]1O[Si](C)(C)C(C)(C)C. The van der Waals surface area contributed by atoms with Crippen molar-refractivity contribution >= 4 is 8.32 Å². The predicted molar refractivity (Wildman–Crippen MR) is 163 cm³/mol. The highest BCUT2D eigenvalue weighted by Gasteiger charge is 2.50. The van der Waals surface area contributed by atoms with Crippen LogP contribution in [-0.2, 0) is 28.1 Å². The Labute approximate surface area is 242 Å². The molecule has 1 saturated carbocycles. The molecule has 2 rings (SSSR count). The van der Waals surface area contributed by atoms with Crippen LogP contribution in [0.1, 0.15) is 114 Å². The smallest absolute Gasteiger partial charge is 0.192 e. The summed E-state index contributed by atoms with van der Waals surface area (Å²) in [7, 11) is -1.98. The topological polar surface area (TPSA) is 55.4 Å². The average molecular weight is 573 g/mol. The largest absolute Gasteiger partial charge is 0.411 e. The summed E-state index contributed by atoms with van der Waals surface area (Å²) in [4.78, 5) is 0. The summed E-state index contributed by atoms with van der Waals surface area (Å²) in [6, 6.07) is 0. The maximum absolute atomic E-state index is 7.05. The van der Waals surface area contributed by atoms with Crippen LogP contribution in [0.25, 0.3) is 0 Å². The molecule has 1 aliphatic heterocycles. The molecule has 0 radical (unpaired) electrons. The number of hydrogen-bond acceptors (Lipinski definition) is 6. The van der Waals surface area contributed by atoms with Crippen molar-refractivity contribution in [3.63, 3.8) is 0 Å². The number of rotatable bonds is 16. The lowest BCUT2D eigenvalue weighted by Gasteiger charge is -2.50. The van der Waals surface area contributed by atoms with Crippen LogP contribution >= 0.6 is 0 Å². The van der Waals surface area contributed by atoms with Crippen molar-refractivity contribution in [3.8, 4) is 0 Å².